The molecule has 4 N–H and O–H groups in total. The van der Waals surface area contributed by atoms with E-state index >= 15 is 0 Å². The zero-order valence-electron chi connectivity index (χ0n) is 36.4. The van der Waals surface area contributed by atoms with Crippen LogP contribution in [0.15, 0.2) is 128 Å². The molecular formula is C47H44F3N12Na. The molecule has 0 saturated heterocycles. The van der Waals surface area contributed by atoms with Gasteiger partial charge >= 0.3 is 29.6 Å². The molecule has 9 aromatic rings. The van der Waals surface area contributed by atoms with Crippen molar-refractivity contribution in [2.45, 2.75) is 27.7 Å². The second-order valence-electron chi connectivity index (χ2n) is 15.0. The van der Waals surface area contributed by atoms with Crippen molar-refractivity contribution in [2.24, 2.45) is 11.8 Å². The minimum Gasteiger partial charge on any atom is -1.00 e. The summed E-state index contributed by atoms with van der Waals surface area (Å²) in [6, 6.07) is 30.1. The Kier molecular flexibility index (Phi) is 15.6. The van der Waals surface area contributed by atoms with Crippen LogP contribution >= 0.6 is 0 Å². The number of nitrogen functional groups attached to an aromatic ring is 1. The molecular weight excluding hydrogens is 813 g/mol. The van der Waals surface area contributed by atoms with E-state index in [0.717, 1.165) is 35.2 Å². The van der Waals surface area contributed by atoms with E-state index in [1.165, 1.54) is 55.4 Å². The predicted octanol–water partition coefficient (Wildman–Crippen LogP) is 7.33. The number of halogens is 3. The average molecular weight is 857 g/mol. The van der Waals surface area contributed by atoms with Crippen molar-refractivity contribution >= 4 is 50.6 Å². The van der Waals surface area contributed by atoms with E-state index in [2.05, 4.69) is 83.2 Å². The number of fused-ring (bicyclic) bond motifs is 3. The quantitative estimate of drug-likeness (QED) is 0.124. The summed E-state index contributed by atoms with van der Waals surface area (Å²) in [6.45, 7) is 10.1. The van der Waals surface area contributed by atoms with Gasteiger partial charge < -0.3 is 17.8 Å². The molecule has 0 radical (unpaired) electrons. The van der Waals surface area contributed by atoms with E-state index in [-0.39, 0.29) is 48.4 Å². The molecule has 314 valence electrons. The summed E-state index contributed by atoms with van der Waals surface area (Å²) in [5, 5.41) is 6.58. The number of hydrogen-bond acceptors (Lipinski definition) is 12. The molecule has 6 aromatic heterocycles. The fourth-order valence-corrected chi connectivity index (χ4v) is 6.13. The summed E-state index contributed by atoms with van der Waals surface area (Å²) in [5.74, 6) is 1.87. The number of nitrogens with zero attached hydrogens (tertiary/aromatic N) is 9. The third-order valence-corrected chi connectivity index (χ3v) is 9.19. The van der Waals surface area contributed by atoms with Crippen molar-refractivity contribution in [3.63, 3.8) is 0 Å². The summed E-state index contributed by atoms with van der Waals surface area (Å²) in [5.41, 5.74) is 14.1. The second kappa shape index (κ2) is 21.4. The van der Waals surface area contributed by atoms with E-state index in [1.807, 2.05) is 36.4 Å². The van der Waals surface area contributed by atoms with E-state index < -0.39 is 0 Å². The molecule has 12 nitrogen and oxygen atoms in total. The molecule has 6 heterocycles. The van der Waals surface area contributed by atoms with Crippen molar-refractivity contribution in [3.05, 3.63) is 146 Å². The maximum absolute atomic E-state index is 13.4. The maximum atomic E-state index is 13.4. The minimum atomic E-state index is -0.299. The van der Waals surface area contributed by atoms with Gasteiger partial charge in [-0.25, -0.2) is 58.0 Å². The summed E-state index contributed by atoms with van der Waals surface area (Å²) < 4.78 is 40.0. The first-order chi connectivity index (χ1) is 30.0. The van der Waals surface area contributed by atoms with Crippen LogP contribution in [0, 0.1) is 29.3 Å². The molecule has 0 aliphatic rings. The van der Waals surface area contributed by atoms with Gasteiger partial charge in [0.05, 0.1) is 33.6 Å². The van der Waals surface area contributed by atoms with Crippen LogP contribution in [0.4, 0.5) is 30.6 Å². The molecule has 0 aliphatic carbocycles. The number of nitrogens with two attached hydrogens (primary N) is 1. The molecule has 0 amide bonds. The van der Waals surface area contributed by atoms with Crippen LogP contribution in [-0.4, -0.2) is 57.9 Å². The van der Waals surface area contributed by atoms with Crippen LogP contribution in [0.2, 0.25) is 0 Å². The van der Waals surface area contributed by atoms with Gasteiger partial charge in [-0.1, -0.05) is 64.1 Å². The summed E-state index contributed by atoms with van der Waals surface area (Å²) in [7, 11) is 0. The van der Waals surface area contributed by atoms with Crippen molar-refractivity contribution in [2.75, 3.05) is 29.5 Å². The van der Waals surface area contributed by atoms with Gasteiger partial charge in [0.15, 0.2) is 17.5 Å². The Morgan fingerprint density at radius 1 is 0.476 bits per heavy atom. The van der Waals surface area contributed by atoms with E-state index in [9.17, 15) is 13.2 Å². The van der Waals surface area contributed by atoms with Crippen LogP contribution in [0.5, 0.6) is 0 Å². The SMILES string of the molecule is CC(C)CNc1ncnc2ccc(-c3cccc(F)c3)nc12.CC(C)CNc1ncnc2ccc(-c3cccc(F)c3)nc12.Nc1ncnc2ccc(-c3cccc(F)c3)nc12.[H-].[Na+]. The maximum Gasteiger partial charge on any atom is 1.00 e. The van der Waals surface area contributed by atoms with Crippen molar-refractivity contribution in [1.29, 1.82) is 0 Å². The third-order valence-electron chi connectivity index (χ3n) is 9.19. The fourth-order valence-electron chi connectivity index (χ4n) is 6.13. The number of rotatable bonds is 9. The monoisotopic (exact) mass is 856 g/mol. The second-order valence-corrected chi connectivity index (χ2v) is 15.0. The van der Waals surface area contributed by atoms with Gasteiger partial charge in [0.2, 0.25) is 0 Å². The fraction of sp³-hybridized carbons (Fsp3) is 0.170. The van der Waals surface area contributed by atoms with Gasteiger partial charge in [0, 0.05) is 29.8 Å². The number of hydrogen-bond donors (Lipinski definition) is 3. The summed E-state index contributed by atoms with van der Waals surface area (Å²) >= 11 is 0. The predicted molar refractivity (Wildman–Crippen MR) is 240 cm³/mol. The number of nitrogens with one attached hydrogen (secondary N) is 2. The van der Waals surface area contributed by atoms with Gasteiger partial charge in [-0.15, -0.1) is 0 Å². The molecule has 16 heteroatoms. The normalized spacial score (nSPS) is 10.8. The van der Waals surface area contributed by atoms with Gasteiger partial charge in [0.1, 0.15) is 53.0 Å². The van der Waals surface area contributed by atoms with Gasteiger partial charge in [-0.3, -0.25) is 0 Å². The summed E-state index contributed by atoms with van der Waals surface area (Å²) in [6.07, 6.45) is 4.43. The number of benzene rings is 3. The van der Waals surface area contributed by atoms with Crippen molar-refractivity contribution in [3.8, 4) is 33.8 Å². The Morgan fingerprint density at radius 3 is 1.19 bits per heavy atom. The molecule has 0 spiro atoms. The molecule has 9 rings (SSSR count). The first-order valence-electron chi connectivity index (χ1n) is 19.9. The first kappa shape index (κ1) is 45.8. The number of aromatic nitrogens is 9. The minimum absolute atomic E-state index is 0. The molecule has 0 saturated carbocycles. The zero-order chi connectivity index (χ0) is 43.6. The first-order valence-corrected chi connectivity index (χ1v) is 19.9. The zero-order valence-corrected chi connectivity index (χ0v) is 37.4. The molecule has 0 fully saturated rings. The van der Waals surface area contributed by atoms with Gasteiger partial charge in [-0.2, -0.15) is 0 Å². The topological polar surface area (TPSA) is 166 Å². The van der Waals surface area contributed by atoms with E-state index in [1.54, 1.807) is 36.4 Å². The third kappa shape index (κ3) is 12.0. The largest absolute Gasteiger partial charge is 1.00 e. The van der Waals surface area contributed by atoms with Crippen LogP contribution in [0.3, 0.4) is 0 Å². The van der Waals surface area contributed by atoms with Crippen LogP contribution in [-0.2, 0) is 0 Å². The molecule has 0 unspecified atom stereocenters. The van der Waals surface area contributed by atoms with Crippen molar-refractivity contribution in [1.82, 2.24) is 44.9 Å². The van der Waals surface area contributed by atoms with Crippen LogP contribution in [0.1, 0.15) is 29.1 Å². The Bertz CT molecular complexity index is 2840. The Labute approximate surface area is 386 Å². The Balaban J connectivity index is 0.000000179. The number of anilines is 3. The molecule has 3 aromatic carbocycles. The standard InChI is InChI=1S/2C17H17FN4.C13H9FN4.Na.H/c2*1-11(2)9-19-17-16-15(20-10-21-17)7-6-14(22-16)12-4-3-5-13(18)8-12;14-9-3-1-2-8(6-9)10-4-5-11-12(18-10)13(15)17-7-16-11;;/h2*3-8,10-11H,9H2,1-2H3,(H,19,20,21);1-7H,(H2,15,16,17);;/q;;;+1;-1. The molecule has 0 atom stereocenters. The average Bonchev–Trinajstić information content (AvgIpc) is 3.27. The Morgan fingerprint density at radius 2 is 0.825 bits per heavy atom. The van der Waals surface area contributed by atoms with Gasteiger partial charge in [0.25, 0.3) is 0 Å². The van der Waals surface area contributed by atoms with Gasteiger partial charge in [-0.05, 0) is 84.6 Å². The molecule has 63 heavy (non-hydrogen) atoms. The molecule has 0 aliphatic heterocycles. The van der Waals surface area contributed by atoms with E-state index in [4.69, 9.17) is 5.73 Å². The smallest absolute Gasteiger partial charge is 1.00 e. The van der Waals surface area contributed by atoms with Crippen molar-refractivity contribution < 1.29 is 44.2 Å². The van der Waals surface area contributed by atoms with Crippen LogP contribution < -0.4 is 45.9 Å². The number of pyridine rings is 3. The Hall–Kier alpha value is -6.68. The molecule has 0 bridgehead atoms. The summed E-state index contributed by atoms with van der Waals surface area (Å²) in [4.78, 5) is 38.6. The van der Waals surface area contributed by atoms with E-state index in [0.29, 0.717) is 74.0 Å². The van der Waals surface area contributed by atoms with Crippen LogP contribution in [0.25, 0.3) is 66.9 Å².